The largest absolute Gasteiger partial charge is 0.497 e. The second-order valence-electron chi connectivity index (χ2n) is 4.40. The van der Waals surface area contributed by atoms with Crippen LogP contribution in [0.15, 0.2) is 36.4 Å². The summed E-state index contributed by atoms with van der Waals surface area (Å²) in [6, 6.07) is 11.7. The van der Waals surface area contributed by atoms with Crippen molar-refractivity contribution in [2.45, 2.75) is 13.3 Å². The van der Waals surface area contributed by atoms with E-state index in [4.69, 9.17) is 9.47 Å². The minimum Gasteiger partial charge on any atom is -0.497 e. The Balaban J connectivity index is 2.35. The van der Waals surface area contributed by atoms with Crippen LogP contribution in [0.5, 0.6) is 11.5 Å². The Labute approximate surface area is 119 Å². The molecule has 2 aromatic rings. The van der Waals surface area contributed by atoms with Gasteiger partial charge in [-0.15, -0.1) is 0 Å². The van der Waals surface area contributed by atoms with E-state index in [1.165, 1.54) is 0 Å². The van der Waals surface area contributed by atoms with Crippen LogP contribution in [0.4, 0.5) is 5.82 Å². The van der Waals surface area contributed by atoms with Gasteiger partial charge in [-0.2, -0.15) is 0 Å². The molecular formula is C16H20N2O2. The molecule has 0 unspecified atom stereocenters. The van der Waals surface area contributed by atoms with Crippen molar-refractivity contribution < 1.29 is 9.47 Å². The lowest BCUT2D eigenvalue weighted by molar-refractivity contribution is 0.395. The van der Waals surface area contributed by atoms with Gasteiger partial charge in [0.05, 0.1) is 19.9 Å². The molecule has 106 valence electrons. The average Bonchev–Trinajstić information content (AvgIpc) is 2.52. The predicted molar refractivity (Wildman–Crippen MR) is 81.6 cm³/mol. The van der Waals surface area contributed by atoms with E-state index in [1.807, 2.05) is 36.4 Å². The van der Waals surface area contributed by atoms with E-state index in [9.17, 15) is 0 Å². The van der Waals surface area contributed by atoms with Crippen LogP contribution in [0.1, 0.15) is 13.3 Å². The molecule has 20 heavy (non-hydrogen) atoms. The van der Waals surface area contributed by atoms with E-state index in [0.717, 1.165) is 41.5 Å². The van der Waals surface area contributed by atoms with Gasteiger partial charge in [0.1, 0.15) is 17.3 Å². The van der Waals surface area contributed by atoms with Crippen molar-refractivity contribution in [2.75, 3.05) is 26.1 Å². The first-order valence-electron chi connectivity index (χ1n) is 6.71. The van der Waals surface area contributed by atoms with Gasteiger partial charge < -0.3 is 14.8 Å². The van der Waals surface area contributed by atoms with Gasteiger partial charge in [-0.05, 0) is 30.7 Å². The fourth-order valence-corrected chi connectivity index (χ4v) is 1.95. The van der Waals surface area contributed by atoms with Gasteiger partial charge in [0.15, 0.2) is 0 Å². The number of anilines is 1. The van der Waals surface area contributed by atoms with Gasteiger partial charge in [-0.1, -0.05) is 13.0 Å². The van der Waals surface area contributed by atoms with Crippen molar-refractivity contribution >= 4 is 5.82 Å². The number of nitrogens with zero attached hydrogens (tertiary/aromatic N) is 1. The normalized spacial score (nSPS) is 10.2. The summed E-state index contributed by atoms with van der Waals surface area (Å²) in [5, 5.41) is 3.29. The molecule has 0 spiro atoms. The quantitative estimate of drug-likeness (QED) is 0.872. The minimum atomic E-state index is 0.754. The number of methoxy groups -OCH3 is 2. The lowest BCUT2D eigenvalue weighted by Gasteiger charge is -2.11. The minimum absolute atomic E-state index is 0.754. The zero-order chi connectivity index (χ0) is 14.4. The highest BCUT2D eigenvalue weighted by atomic mass is 16.5. The number of hydrogen-bond donors (Lipinski definition) is 1. The first-order chi connectivity index (χ1) is 9.78. The Bertz CT molecular complexity index is 570. The van der Waals surface area contributed by atoms with Crippen LogP contribution in [0.3, 0.4) is 0 Å². The molecule has 1 aromatic carbocycles. The third-order valence-electron chi connectivity index (χ3n) is 2.99. The van der Waals surface area contributed by atoms with E-state index in [2.05, 4.69) is 17.2 Å². The second kappa shape index (κ2) is 6.80. The highest BCUT2D eigenvalue weighted by Crippen LogP contribution is 2.32. The van der Waals surface area contributed by atoms with Crippen molar-refractivity contribution in [3.05, 3.63) is 36.4 Å². The first kappa shape index (κ1) is 14.2. The highest BCUT2D eigenvalue weighted by Gasteiger charge is 2.09. The number of pyridine rings is 1. The molecule has 4 nitrogen and oxygen atoms in total. The Morgan fingerprint density at radius 3 is 2.65 bits per heavy atom. The summed E-state index contributed by atoms with van der Waals surface area (Å²) in [6.45, 7) is 3.04. The Morgan fingerprint density at radius 2 is 1.95 bits per heavy atom. The maximum Gasteiger partial charge on any atom is 0.131 e. The lowest BCUT2D eigenvalue weighted by atomic mass is 10.1. The number of hydrogen-bond acceptors (Lipinski definition) is 4. The van der Waals surface area contributed by atoms with Crippen LogP contribution in [0.25, 0.3) is 11.3 Å². The summed E-state index contributed by atoms with van der Waals surface area (Å²) >= 11 is 0. The topological polar surface area (TPSA) is 43.4 Å². The molecule has 1 heterocycles. The van der Waals surface area contributed by atoms with Crippen molar-refractivity contribution in [3.8, 4) is 22.8 Å². The summed E-state index contributed by atoms with van der Waals surface area (Å²) in [6.07, 6.45) is 1.07. The Hall–Kier alpha value is -2.23. The molecule has 0 atom stereocenters. The van der Waals surface area contributed by atoms with Gasteiger partial charge in [-0.25, -0.2) is 4.98 Å². The van der Waals surface area contributed by atoms with Gasteiger partial charge in [0.25, 0.3) is 0 Å². The van der Waals surface area contributed by atoms with Crippen molar-refractivity contribution in [3.63, 3.8) is 0 Å². The summed E-state index contributed by atoms with van der Waals surface area (Å²) in [5.74, 6) is 2.40. The van der Waals surface area contributed by atoms with Crippen molar-refractivity contribution in [1.82, 2.24) is 4.98 Å². The Morgan fingerprint density at radius 1 is 1.10 bits per heavy atom. The molecule has 0 saturated heterocycles. The fourth-order valence-electron chi connectivity index (χ4n) is 1.95. The molecule has 1 aromatic heterocycles. The number of rotatable bonds is 6. The summed E-state index contributed by atoms with van der Waals surface area (Å²) < 4.78 is 10.6. The van der Waals surface area contributed by atoms with Crippen LogP contribution < -0.4 is 14.8 Å². The van der Waals surface area contributed by atoms with Gasteiger partial charge >= 0.3 is 0 Å². The van der Waals surface area contributed by atoms with E-state index in [0.29, 0.717) is 0 Å². The number of benzene rings is 1. The zero-order valence-corrected chi connectivity index (χ0v) is 12.1. The van der Waals surface area contributed by atoms with E-state index in [1.54, 1.807) is 14.2 Å². The zero-order valence-electron chi connectivity index (χ0n) is 12.1. The molecule has 2 rings (SSSR count). The molecule has 0 radical (unpaired) electrons. The summed E-state index contributed by atoms with van der Waals surface area (Å²) in [7, 11) is 3.29. The van der Waals surface area contributed by atoms with Gasteiger partial charge in [0.2, 0.25) is 0 Å². The second-order valence-corrected chi connectivity index (χ2v) is 4.40. The monoisotopic (exact) mass is 272 g/mol. The standard InChI is InChI=1S/C16H20N2O2/c1-4-10-17-16-7-5-6-14(18-16)13-9-8-12(19-2)11-15(13)20-3/h5-9,11H,4,10H2,1-3H3,(H,17,18). The number of aromatic nitrogens is 1. The molecule has 4 heteroatoms. The molecule has 0 aliphatic heterocycles. The highest BCUT2D eigenvalue weighted by molar-refractivity contribution is 5.69. The van der Waals surface area contributed by atoms with E-state index >= 15 is 0 Å². The Kier molecular flexibility index (Phi) is 4.82. The van der Waals surface area contributed by atoms with E-state index in [-0.39, 0.29) is 0 Å². The van der Waals surface area contributed by atoms with Crippen molar-refractivity contribution in [2.24, 2.45) is 0 Å². The van der Waals surface area contributed by atoms with Gasteiger partial charge in [-0.3, -0.25) is 0 Å². The van der Waals surface area contributed by atoms with Crippen molar-refractivity contribution in [1.29, 1.82) is 0 Å². The first-order valence-corrected chi connectivity index (χ1v) is 6.71. The smallest absolute Gasteiger partial charge is 0.131 e. The van der Waals surface area contributed by atoms with E-state index < -0.39 is 0 Å². The summed E-state index contributed by atoms with van der Waals surface area (Å²) in [4.78, 5) is 4.61. The number of nitrogens with one attached hydrogen (secondary N) is 1. The summed E-state index contributed by atoms with van der Waals surface area (Å²) in [5.41, 5.74) is 1.83. The van der Waals surface area contributed by atoms with Crippen LogP contribution in [-0.2, 0) is 0 Å². The molecule has 0 bridgehead atoms. The molecular weight excluding hydrogens is 252 g/mol. The molecule has 0 aliphatic carbocycles. The average molecular weight is 272 g/mol. The van der Waals surface area contributed by atoms with Gasteiger partial charge in [0, 0.05) is 18.2 Å². The predicted octanol–water partition coefficient (Wildman–Crippen LogP) is 3.59. The number of ether oxygens (including phenoxy) is 2. The van der Waals surface area contributed by atoms with Crippen LogP contribution >= 0.6 is 0 Å². The third kappa shape index (κ3) is 3.20. The molecule has 0 aliphatic rings. The molecule has 0 amide bonds. The lowest BCUT2D eigenvalue weighted by Crippen LogP contribution is -2.02. The molecule has 0 saturated carbocycles. The molecule has 1 N–H and O–H groups in total. The van der Waals surface area contributed by atoms with Crippen LogP contribution in [0, 0.1) is 0 Å². The molecule has 0 fully saturated rings. The third-order valence-corrected chi connectivity index (χ3v) is 2.99. The van der Waals surface area contributed by atoms with Crippen LogP contribution in [0.2, 0.25) is 0 Å². The maximum atomic E-state index is 5.42. The maximum absolute atomic E-state index is 5.42. The fraction of sp³-hybridized carbons (Fsp3) is 0.312. The SMILES string of the molecule is CCCNc1cccc(-c2ccc(OC)cc2OC)n1. The van der Waals surface area contributed by atoms with Crippen LogP contribution in [-0.4, -0.2) is 25.7 Å².